The Labute approximate surface area is 110 Å². The number of nitrogens with one attached hydrogen (secondary N) is 1. The zero-order valence-corrected chi connectivity index (χ0v) is 10.8. The molecule has 8 nitrogen and oxygen atoms in total. The largest absolute Gasteiger partial charge is 0.383 e. The number of rotatable bonds is 6. The Bertz CT molecular complexity index is 478. The number of hydrogen-bond acceptors (Lipinski definition) is 6. The molecule has 0 fully saturated rings. The van der Waals surface area contributed by atoms with Crippen LogP contribution in [0.1, 0.15) is 24.2 Å². The molecule has 0 spiro atoms. The summed E-state index contributed by atoms with van der Waals surface area (Å²) in [6.45, 7) is 4.50. The van der Waals surface area contributed by atoms with Gasteiger partial charge in [0.05, 0.1) is 17.1 Å². The van der Waals surface area contributed by atoms with Crippen LogP contribution in [0.2, 0.25) is 0 Å². The van der Waals surface area contributed by atoms with Gasteiger partial charge in [-0.3, -0.25) is 14.9 Å². The van der Waals surface area contributed by atoms with Gasteiger partial charge < -0.3 is 15.8 Å². The van der Waals surface area contributed by atoms with Crippen molar-refractivity contribution >= 4 is 17.4 Å². The van der Waals surface area contributed by atoms with Crippen LogP contribution in [0, 0.1) is 10.1 Å². The highest BCUT2D eigenvalue weighted by Crippen LogP contribution is 2.16. The van der Waals surface area contributed by atoms with Gasteiger partial charge in [-0.1, -0.05) is 0 Å². The molecule has 19 heavy (non-hydrogen) atoms. The smallest absolute Gasteiger partial charge is 0.288 e. The number of carbonyl (C=O) groups is 1. The van der Waals surface area contributed by atoms with E-state index in [4.69, 9.17) is 10.5 Å². The molecule has 0 bridgehead atoms. The summed E-state index contributed by atoms with van der Waals surface area (Å²) in [5.41, 5.74) is 5.24. The molecule has 1 atom stereocenters. The first-order valence-electron chi connectivity index (χ1n) is 5.74. The number of nitrogens with zero attached hydrogens (tertiary/aromatic N) is 2. The summed E-state index contributed by atoms with van der Waals surface area (Å²) < 4.78 is 5.15. The topological polar surface area (TPSA) is 120 Å². The average Bonchev–Trinajstić information content (AvgIpc) is 2.36. The Morgan fingerprint density at radius 2 is 2.37 bits per heavy atom. The van der Waals surface area contributed by atoms with Crippen molar-refractivity contribution in [1.82, 2.24) is 10.3 Å². The fourth-order valence-corrected chi connectivity index (χ4v) is 1.38. The lowest BCUT2D eigenvalue weighted by Crippen LogP contribution is -2.36. The van der Waals surface area contributed by atoms with E-state index in [1.54, 1.807) is 6.92 Å². The Morgan fingerprint density at radius 1 is 1.68 bits per heavy atom. The Hall–Kier alpha value is -2.22. The first kappa shape index (κ1) is 14.8. The van der Waals surface area contributed by atoms with Crippen LogP contribution in [0.15, 0.2) is 12.3 Å². The van der Waals surface area contributed by atoms with Crippen molar-refractivity contribution in [3.63, 3.8) is 0 Å². The molecule has 0 radical (unpaired) electrons. The van der Waals surface area contributed by atoms with Crippen LogP contribution in [-0.2, 0) is 4.74 Å². The van der Waals surface area contributed by atoms with Crippen molar-refractivity contribution in [2.45, 2.75) is 19.9 Å². The molecule has 1 unspecified atom stereocenters. The van der Waals surface area contributed by atoms with E-state index in [0.29, 0.717) is 13.2 Å². The Kier molecular flexibility index (Phi) is 5.19. The zero-order valence-electron chi connectivity index (χ0n) is 10.8. The number of nitrogen functional groups attached to an aromatic ring is 1. The standard InChI is InChI=1S/C11H16N4O4/c1-3-19-6-7(2)14-11(16)9-4-8(15(17)18)5-13-10(9)12/h4-5,7H,3,6H2,1-2H3,(H2,12,13)(H,14,16). The van der Waals surface area contributed by atoms with E-state index in [1.165, 1.54) is 0 Å². The molecule has 1 aromatic heterocycles. The average molecular weight is 268 g/mol. The number of amides is 1. The van der Waals surface area contributed by atoms with Gasteiger partial charge in [-0.25, -0.2) is 4.98 Å². The number of ether oxygens (including phenoxy) is 1. The van der Waals surface area contributed by atoms with E-state index in [1.807, 2.05) is 6.92 Å². The fourth-order valence-electron chi connectivity index (χ4n) is 1.38. The van der Waals surface area contributed by atoms with Gasteiger partial charge in [-0.05, 0) is 13.8 Å². The molecular weight excluding hydrogens is 252 g/mol. The van der Waals surface area contributed by atoms with Crippen molar-refractivity contribution in [3.8, 4) is 0 Å². The molecule has 0 saturated heterocycles. The maximum absolute atomic E-state index is 11.9. The highest BCUT2D eigenvalue weighted by Gasteiger charge is 2.18. The van der Waals surface area contributed by atoms with Gasteiger partial charge in [0.1, 0.15) is 12.0 Å². The van der Waals surface area contributed by atoms with Gasteiger partial charge in [0.2, 0.25) is 0 Å². The second-order valence-electron chi connectivity index (χ2n) is 3.92. The van der Waals surface area contributed by atoms with Crippen molar-refractivity contribution in [2.75, 3.05) is 18.9 Å². The summed E-state index contributed by atoms with van der Waals surface area (Å²) in [5.74, 6) is -0.562. The van der Waals surface area contributed by atoms with Gasteiger partial charge in [0.25, 0.3) is 11.6 Å². The molecule has 1 amide bonds. The summed E-state index contributed by atoms with van der Waals surface area (Å²) in [6, 6.07) is 0.872. The maximum Gasteiger partial charge on any atom is 0.288 e. The zero-order chi connectivity index (χ0) is 14.4. The summed E-state index contributed by atoms with van der Waals surface area (Å²) >= 11 is 0. The van der Waals surface area contributed by atoms with Crippen LogP contribution in [0.4, 0.5) is 11.5 Å². The first-order chi connectivity index (χ1) is 8.95. The minimum absolute atomic E-state index is 0.0162. The summed E-state index contributed by atoms with van der Waals surface area (Å²) in [7, 11) is 0. The summed E-state index contributed by atoms with van der Waals surface area (Å²) in [6.07, 6.45) is 1.01. The molecule has 0 saturated carbocycles. The molecule has 1 heterocycles. The number of carbonyl (C=O) groups excluding carboxylic acids is 1. The van der Waals surface area contributed by atoms with Gasteiger partial charge >= 0.3 is 0 Å². The van der Waals surface area contributed by atoms with Crippen LogP contribution >= 0.6 is 0 Å². The maximum atomic E-state index is 11.9. The molecule has 3 N–H and O–H groups in total. The highest BCUT2D eigenvalue weighted by molar-refractivity contribution is 5.99. The molecule has 0 aromatic carbocycles. The van der Waals surface area contributed by atoms with Crippen molar-refractivity contribution in [1.29, 1.82) is 0 Å². The molecule has 0 aliphatic rings. The molecule has 104 valence electrons. The minimum Gasteiger partial charge on any atom is -0.383 e. The second kappa shape index (κ2) is 6.64. The number of pyridine rings is 1. The fraction of sp³-hybridized carbons (Fsp3) is 0.455. The summed E-state index contributed by atoms with van der Waals surface area (Å²) in [5, 5.41) is 13.3. The lowest BCUT2D eigenvalue weighted by molar-refractivity contribution is -0.385. The highest BCUT2D eigenvalue weighted by atomic mass is 16.6. The summed E-state index contributed by atoms with van der Waals surface area (Å²) in [4.78, 5) is 25.5. The Balaban J connectivity index is 2.81. The molecule has 1 aromatic rings. The SMILES string of the molecule is CCOCC(C)NC(=O)c1cc([N+](=O)[O-])cnc1N. The van der Waals surface area contributed by atoms with Crippen molar-refractivity contribution in [3.05, 3.63) is 27.9 Å². The number of nitrogens with two attached hydrogens (primary N) is 1. The van der Waals surface area contributed by atoms with E-state index >= 15 is 0 Å². The van der Waals surface area contributed by atoms with Crippen molar-refractivity contribution in [2.24, 2.45) is 0 Å². The molecular formula is C11H16N4O4. The van der Waals surface area contributed by atoms with E-state index < -0.39 is 10.8 Å². The molecule has 0 aliphatic heterocycles. The lowest BCUT2D eigenvalue weighted by atomic mass is 10.2. The Morgan fingerprint density at radius 3 is 2.95 bits per heavy atom. The van der Waals surface area contributed by atoms with Crippen molar-refractivity contribution < 1.29 is 14.5 Å². The van der Waals surface area contributed by atoms with Crippen LogP contribution in [0.5, 0.6) is 0 Å². The van der Waals surface area contributed by atoms with E-state index in [2.05, 4.69) is 10.3 Å². The monoisotopic (exact) mass is 268 g/mol. The van der Waals surface area contributed by atoms with Gasteiger partial charge in [0, 0.05) is 18.7 Å². The van der Waals surface area contributed by atoms with Gasteiger partial charge in [0.15, 0.2) is 0 Å². The predicted octanol–water partition coefficient (Wildman–Crippen LogP) is 0.727. The molecule has 1 rings (SSSR count). The number of anilines is 1. The third-order valence-electron chi connectivity index (χ3n) is 2.31. The van der Waals surface area contributed by atoms with E-state index in [9.17, 15) is 14.9 Å². The van der Waals surface area contributed by atoms with E-state index in [-0.39, 0.29) is 23.1 Å². The number of nitro groups is 1. The van der Waals surface area contributed by atoms with Gasteiger partial charge in [-0.15, -0.1) is 0 Å². The number of aromatic nitrogens is 1. The van der Waals surface area contributed by atoms with Crippen LogP contribution < -0.4 is 11.1 Å². The third-order valence-corrected chi connectivity index (χ3v) is 2.31. The molecule has 0 aliphatic carbocycles. The van der Waals surface area contributed by atoms with E-state index in [0.717, 1.165) is 12.3 Å². The van der Waals surface area contributed by atoms with Gasteiger partial charge in [-0.2, -0.15) is 0 Å². The van der Waals surface area contributed by atoms with Crippen LogP contribution in [-0.4, -0.2) is 35.1 Å². The minimum atomic E-state index is -0.632. The van der Waals surface area contributed by atoms with Crippen LogP contribution in [0.25, 0.3) is 0 Å². The normalized spacial score (nSPS) is 11.9. The quantitative estimate of drug-likeness (QED) is 0.579. The first-order valence-corrected chi connectivity index (χ1v) is 5.74. The number of hydrogen-bond donors (Lipinski definition) is 2. The van der Waals surface area contributed by atoms with Crippen LogP contribution in [0.3, 0.4) is 0 Å². The second-order valence-corrected chi connectivity index (χ2v) is 3.92. The third kappa shape index (κ3) is 4.18. The molecule has 8 heteroatoms. The lowest BCUT2D eigenvalue weighted by Gasteiger charge is -2.14. The predicted molar refractivity (Wildman–Crippen MR) is 68.7 cm³/mol.